The zero-order valence-electron chi connectivity index (χ0n) is 14.6. The van der Waals surface area contributed by atoms with Gasteiger partial charge in [0, 0.05) is 7.11 Å². The van der Waals surface area contributed by atoms with Gasteiger partial charge in [0.15, 0.2) is 12.1 Å². The predicted octanol–water partition coefficient (Wildman–Crippen LogP) is 3.78. The van der Waals surface area contributed by atoms with Gasteiger partial charge < -0.3 is 9.47 Å². The SMILES string of the molecule is COc1cccc(Cl)c1C(=O)C(C(=O)OOC(C)OC)c1ccccc1. The number of Topliss-reactive ketones (excluding diaryl/α,β-unsaturated/α-hetero) is 1. The lowest BCUT2D eigenvalue weighted by molar-refractivity contribution is -0.342. The van der Waals surface area contributed by atoms with Crippen molar-refractivity contribution in [2.24, 2.45) is 0 Å². The summed E-state index contributed by atoms with van der Waals surface area (Å²) >= 11 is 6.19. The number of benzene rings is 2. The van der Waals surface area contributed by atoms with E-state index in [-0.39, 0.29) is 16.3 Å². The number of hydrogen-bond donors (Lipinski definition) is 0. The number of carbonyl (C=O) groups excluding carboxylic acids is 2. The third kappa shape index (κ3) is 4.60. The van der Waals surface area contributed by atoms with E-state index in [2.05, 4.69) is 0 Å². The van der Waals surface area contributed by atoms with Crippen LogP contribution in [0, 0.1) is 0 Å². The van der Waals surface area contributed by atoms with Gasteiger partial charge in [-0.2, -0.15) is 4.89 Å². The van der Waals surface area contributed by atoms with Gasteiger partial charge in [0.1, 0.15) is 11.7 Å². The van der Waals surface area contributed by atoms with Crippen LogP contribution in [0.25, 0.3) is 0 Å². The summed E-state index contributed by atoms with van der Waals surface area (Å²) in [6, 6.07) is 13.3. The number of halogens is 1. The Labute approximate surface area is 156 Å². The van der Waals surface area contributed by atoms with E-state index < -0.39 is 24.0 Å². The van der Waals surface area contributed by atoms with Gasteiger partial charge in [0.25, 0.3) is 0 Å². The predicted molar refractivity (Wildman–Crippen MR) is 95.2 cm³/mol. The Morgan fingerprint density at radius 1 is 1.00 bits per heavy atom. The second-order valence-electron chi connectivity index (χ2n) is 5.33. The molecule has 2 rings (SSSR count). The average Bonchev–Trinajstić information content (AvgIpc) is 2.66. The molecule has 0 heterocycles. The zero-order chi connectivity index (χ0) is 19.1. The number of methoxy groups -OCH3 is 2. The molecule has 0 amide bonds. The van der Waals surface area contributed by atoms with Crippen LogP contribution >= 0.6 is 11.6 Å². The summed E-state index contributed by atoms with van der Waals surface area (Å²) < 4.78 is 10.1. The maximum Gasteiger partial charge on any atom is 0.357 e. The van der Waals surface area contributed by atoms with E-state index in [0.29, 0.717) is 5.56 Å². The average molecular weight is 379 g/mol. The molecule has 2 aromatic carbocycles. The highest BCUT2D eigenvalue weighted by Crippen LogP contribution is 2.32. The lowest BCUT2D eigenvalue weighted by atomic mass is 9.90. The molecule has 6 nitrogen and oxygen atoms in total. The summed E-state index contributed by atoms with van der Waals surface area (Å²) in [6.45, 7) is 1.55. The largest absolute Gasteiger partial charge is 0.496 e. The van der Waals surface area contributed by atoms with Crippen molar-refractivity contribution in [2.45, 2.75) is 19.1 Å². The van der Waals surface area contributed by atoms with Crippen LogP contribution in [0.1, 0.15) is 28.8 Å². The number of ether oxygens (including phenoxy) is 2. The Hall–Kier alpha value is -2.41. The minimum atomic E-state index is -1.27. The van der Waals surface area contributed by atoms with Crippen molar-refractivity contribution in [2.75, 3.05) is 14.2 Å². The van der Waals surface area contributed by atoms with E-state index in [0.717, 1.165) is 0 Å². The van der Waals surface area contributed by atoms with E-state index in [1.54, 1.807) is 55.5 Å². The topological polar surface area (TPSA) is 71.1 Å². The summed E-state index contributed by atoms with van der Waals surface area (Å²) in [6.07, 6.45) is -0.777. The molecule has 2 aromatic rings. The fourth-order valence-corrected chi connectivity index (χ4v) is 2.56. The van der Waals surface area contributed by atoms with Crippen molar-refractivity contribution >= 4 is 23.4 Å². The van der Waals surface area contributed by atoms with Gasteiger partial charge >= 0.3 is 5.97 Å². The van der Waals surface area contributed by atoms with Crippen LogP contribution in [-0.4, -0.2) is 32.3 Å². The Kier molecular flexibility index (Phi) is 7.15. The van der Waals surface area contributed by atoms with Crippen LogP contribution < -0.4 is 4.74 Å². The minimum Gasteiger partial charge on any atom is -0.496 e. The highest BCUT2D eigenvalue weighted by molar-refractivity contribution is 6.35. The fraction of sp³-hybridized carbons (Fsp3) is 0.263. The second-order valence-corrected chi connectivity index (χ2v) is 5.73. The maximum absolute atomic E-state index is 13.1. The summed E-state index contributed by atoms with van der Waals surface area (Å²) in [5.74, 6) is -2.44. The number of ketones is 1. The molecule has 2 unspecified atom stereocenters. The Balaban J connectivity index is 2.42. The quantitative estimate of drug-likeness (QED) is 0.229. The standard InChI is InChI=1S/C19H19ClO6/c1-12(23-2)25-26-19(22)16(13-8-5-4-6-9-13)18(21)17-14(20)10-7-11-15(17)24-3/h4-12,16H,1-3H3. The first kappa shape index (κ1) is 19.9. The van der Waals surface area contributed by atoms with E-state index in [1.807, 2.05) is 0 Å². The normalized spacial score (nSPS) is 12.9. The highest BCUT2D eigenvalue weighted by atomic mass is 35.5. The Morgan fingerprint density at radius 3 is 2.31 bits per heavy atom. The van der Waals surface area contributed by atoms with Gasteiger partial charge in [-0.05, 0) is 24.6 Å². The number of carbonyl (C=O) groups is 2. The Bertz CT molecular complexity index is 762. The Morgan fingerprint density at radius 2 is 1.69 bits per heavy atom. The van der Waals surface area contributed by atoms with Gasteiger partial charge in [-0.3, -0.25) is 9.68 Å². The third-order valence-corrected chi connectivity index (χ3v) is 3.99. The first-order valence-corrected chi connectivity index (χ1v) is 8.19. The van der Waals surface area contributed by atoms with Gasteiger partial charge in [-0.25, -0.2) is 4.79 Å². The molecule has 0 aliphatic heterocycles. The van der Waals surface area contributed by atoms with E-state index >= 15 is 0 Å². The summed E-state index contributed by atoms with van der Waals surface area (Å²) in [5.41, 5.74) is 0.542. The van der Waals surface area contributed by atoms with Gasteiger partial charge in [0.2, 0.25) is 0 Å². The first-order valence-electron chi connectivity index (χ1n) is 7.81. The van der Waals surface area contributed by atoms with Gasteiger partial charge in [-0.1, -0.05) is 48.0 Å². The van der Waals surface area contributed by atoms with E-state index in [1.165, 1.54) is 14.2 Å². The van der Waals surface area contributed by atoms with Crippen LogP contribution in [-0.2, 0) is 19.3 Å². The van der Waals surface area contributed by atoms with Crippen molar-refractivity contribution in [3.63, 3.8) is 0 Å². The van der Waals surface area contributed by atoms with Crippen molar-refractivity contribution in [1.82, 2.24) is 0 Å². The molecular formula is C19H19ClO6. The molecule has 0 aromatic heterocycles. The van der Waals surface area contributed by atoms with Crippen LogP contribution in [0.2, 0.25) is 5.02 Å². The molecule has 2 atom stereocenters. The number of rotatable bonds is 8. The lowest BCUT2D eigenvalue weighted by Gasteiger charge is -2.18. The number of hydrogen-bond acceptors (Lipinski definition) is 6. The second kappa shape index (κ2) is 9.33. The molecule has 0 saturated carbocycles. The molecule has 0 aliphatic carbocycles. The first-order chi connectivity index (χ1) is 12.5. The van der Waals surface area contributed by atoms with Gasteiger partial charge in [0.05, 0.1) is 17.7 Å². The minimum absolute atomic E-state index is 0.0993. The molecule has 0 aliphatic rings. The van der Waals surface area contributed by atoms with Crippen molar-refractivity contribution in [1.29, 1.82) is 0 Å². The molecule has 0 radical (unpaired) electrons. The molecular weight excluding hydrogens is 360 g/mol. The third-order valence-electron chi connectivity index (χ3n) is 3.67. The molecule has 26 heavy (non-hydrogen) atoms. The highest BCUT2D eigenvalue weighted by Gasteiger charge is 2.35. The van der Waals surface area contributed by atoms with Crippen molar-refractivity contribution in [3.05, 3.63) is 64.7 Å². The fourth-order valence-electron chi connectivity index (χ4n) is 2.30. The van der Waals surface area contributed by atoms with Crippen molar-refractivity contribution in [3.8, 4) is 5.75 Å². The monoisotopic (exact) mass is 378 g/mol. The lowest BCUT2D eigenvalue weighted by Crippen LogP contribution is -2.27. The van der Waals surface area contributed by atoms with Crippen LogP contribution in [0.3, 0.4) is 0 Å². The molecule has 7 heteroatoms. The van der Waals surface area contributed by atoms with E-state index in [4.69, 9.17) is 30.8 Å². The van der Waals surface area contributed by atoms with Crippen molar-refractivity contribution < 1.29 is 28.8 Å². The maximum atomic E-state index is 13.1. The molecule has 0 fully saturated rings. The van der Waals surface area contributed by atoms with Crippen LogP contribution in [0.4, 0.5) is 0 Å². The molecule has 138 valence electrons. The molecule has 0 N–H and O–H groups in total. The smallest absolute Gasteiger partial charge is 0.357 e. The van der Waals surface area contributed by atoms with Crippen LogP contribution in [0.5, 0.6) is 5.75 Å². The summed E-state index contributed by atoms with van der Waals surface area (Å²) in [4.78, 5) is 35.4. The van der Waals surface area contributed by atoms with E-state index in [9.17, 15) is 9.59 Å². The molecule has 0 spiro atoms. The summed E-state index contributed by atoms with van der Waals surface area (Å²) in [5, 5.41) is 0.175. The van der Waals surface area contributed by atoms with Gasteiger partial charge in [-0.15, -0.1) is 0 Å². The zero-order valence-corrected chi connectivity index (χ0v) is 15.4. The van der Waals surface area contributed by atoms with Crippen LogP contribution in [0.15, 0.2) is 48.5 Å². The molecule has 0 bridgehead atoms. The molecule has 0 saturated heterocycles. The summed E-state index contributed by atoms with van der Waals surface area (Å²) in [7, 11) is 2.81.